The van der Waals surface area contributed by atoms with E-state index in [-0.39, 0.29) is 36.0 Å². The number of ether oxygens (including phenoxy) is 3. The first kappa shape index (κ1) is 24.0. The molecular weight excluding hydrogens is 446 g/mol. The normalized spacial score (nSPS) is 28.5. The lowest BCUT2D eigenvalue weighted by Gasteiger charge is -2.40. The Bertz CT molecular complexity index is 1080. The predicted octanol–water partition coefficient (Wildman–Crippen LogP) is 2.89. The van der Waals surface area contributed by atoms with Crippen LogP contribution in [0.15, 0.2) is 12.1 Å². The van der Waals surface area contributed by atoms with Gasteiger partial charge in [-0.1, -0.05) is 13.8 Å². The molecule has 0 spiro atoms. The van der Waals surface area contributed by atoms with Crippen LogP contribution in [0.4, 0.5) is 0 Å². The van der Waals surface area contributed by atoms with E-state index in [2.05, 4.69) is 0 Å². The molecule has 0 saturated heterocycles. The zero-order valence-electron chi connectivity index (χ0n) is 20.0. The third-order valence-corrected chi connectivity index (χ3v) is 10.2. The first-order valence-electron chi connectivity index (χ1n) is 11.5. The number of hydrogen-bond donors (Lipinski definition) is 0. The maximum absolute atomic E-state index is 13.9. The highest BCUT2D eigenvalue weighted by Crippen LogP contribution is 2.64. The fourth-order valence-electron chi connectivity index (χ4n) is 6.19. The number of ketones is 1. The van der Waals surface area contributed by atoms with E-state index >= 15 is 0 Å². The summed E-state index contributed by atoms with van der Waals surface area (Å²) in [6.07, 6.45) is 2.28. The lowest BCUT2D eigenvalue weighted by molar-refractivity contribution is -0.148. The molecule has 2 bridgehead atoms. The van der Waals surface area contributed by atoms with E-state index in [0.29, 0.717) is 36.3 Å². The van der Waals surface area contributed by atoms with Crippen LogP contribution in [-0.2, 0) is 30.8 Å². The predicted molar refractivity (Wildman–Crippen MR) is 122 cm³/mol. The number of carbonyl (C=O) groups is 2. The summed E-state index contributed by atoms with van der Waals surface area (Å²) < 4.78 is 45.1. The Morgan fingerprint density at radius 3 is 2.39 bits per heavy atom. The minimum Gasteiger partial charge on any atom is -0.493 e. The zero-order chi connectivity index (χ0) is 24.2. The highest BCUT2D eigenvalue weighted by molar-refractivity contribution is 7.89. The third kappa shape index (κ3) is 3.55. The van der Waals surface area contributed by atoms with E-state index in [0.717, 1.165) is 12.0 Å². The van der Waals surface area contributed by atoms with Crippen molar-refractivity contribution in [3.05, 3.63) is 23.3 Å². The number of carbonyl (C=O) groups excluding carboxylic acids is 2. The van der Waals surface area contributed by atoms with Crippen LogP contribution in [0, 0.1) is 16.7 Å². The Labute approximate surface area is 195 Å². The molecule has 182 valence electrons. The first-order chi connectivity index (χ1) is 15.5. The Morgan fingerprint density at radius 1 is 1.18 bits per heavy atom. The Kier molecular flexibility index (Phi) is 6.02. The van der Waals surface area contributed by atoms with Gasteiger partial charge in [0.15, 0.2) is 11.5 Å². The molecule has 8 nitrogen and oxygen atoms in total. The number of rotatable bonds is 7. The summed E-state index contributed by atoms with van der Waals surface area (Å²) in [5.74, 6) is 0.260. The fraction of sp³-hybridized carbons (Fsp3) is 0.667. The van der Waals surface area contributed by atoms with Gasteiger partial charge in [-0.3, -0.25) is 4.79 Å². The molecule has 4 rings (SSSR count). The second kappa shape index (κ2) is 8.27. The van der Waals surface area contributed by atoms with Crippen LogP contribution in [0.2, 0.25) is 0 Å². The van der Waals surface area contributed by atoms with E-state index in [1.165, 1.54) is 18.5 Å². The quantitative estimate of drug-likeness (QED) is 0.555. The van der Waals surface area contributed by atoms with E-state index in [1.54, 1.807) is 19.1 Å². The van der Waals surface area contributed by atoms with Gasteiger partial charge in [-0.2, -0.15) is 4.31 Å². The summed E-state index contributed by atoms with van der Waals surface area (Å²) in [4.78, 5) is 26.1. The van der Waals surface area contributed by atoms with Gasteiger partial charge in [0.05, 0.1) is 26.6 Å². The smallest absolute Gasteiger partial charge is 0.329 e. The molecule has 1 aromatic carbocycles. The van der Waals surface area contributed by atoms with Crippen LogP contribution in [0.3, 0.4) is 0 Å². The van der Waals surface area contributed by atoms with Crippen molar-refractivity contribution in [1.82, 2.24) is 4.31 Å². The summed E-state index contributed by atoms with van der Waals surface area (Å²) in [5.41, 5.74) is 0.0438. The van der Waals surface area contributed by atoms with E-state index in [9.17, 15) is 18.0 Å². The fourth-order valence-corrected chi connectivity index (χ4v) is 8.55. The standard InChI is InChI=1S/C24H33NO7S/c1-6-32-22(27)21-17-13-19(31-5)18(30-4)11-15(17)8-10-25(21)33(28,29)14-24-9-7-16(12-20(24)26)23(24,2)3/h11,13,16,21H,6-10,12,14H2,1-5H3/t16-,21+,24+/m0/s1. The molecule has 1 heterocycles. The van der Waals surface area contributed by atoms with Crippen molar-refractivity contribution in [2.75, 3.05) is 33.1 Å². The Balaban J connectivity index is 1.76. The number of benzene rings is 1. The molecular formula is C24H33NO7S. The zero-order valence-corrected chi connectivity index (χ0v) is 20.8. The van der Waals surface area contributed by atoms with Gasteiger partial charge in [-0.05, 0) is 60.8 Å². The molecule has 2 saturated carbocycles. The topological polar surface area (TPSA) is 99.2 Å². The van der Waals surface area contributed by atoms with Gasteiger partial charge < -0.3 is 14.2 Å². The number of Topliss-reactive ketones (excluding diaryl/α,β-unsaturated/α-hetero) is 1. The van der Waals surface area contributed by atoms with Crippen molar-refractivity contribution in [2.45, 2.75) is 52.5 Å². The molecule has 2 aliphatic carbocycles. The number of esters is 1. The highest BCUT2D eigenvalue weighted by atomic mass is 32.2. The first-order valence-corrected chi connectivity index (χ1v) is 13.1. The maximum Gasteiger partial charge on any atom is 0.329 e. The van der Waals surface area contributed by atoms with Gasteiger partial charge in [0.25, 0.3) is 0 Å². The van der Waals surface area contributed by atoms with Crippen molar-refractivity contribution in [2.24, 2.45) is 16.7 Å². The minimum absolute atomic E-state index is 0.0313. The van der Waals surface area contributed by atoms with Crippen molar-refractivity contribution in [1.29, 1.82) is 0 Å². The van der Waals surface area contributed by atoms with Gasteiger partial charge in [0.1, 0.15) is 11.8 Å². The lowest BCUT2D eigenvalue weighted by Crippen LogP contribution is -2.50. The second-order valence-corrected chi connectivity index (χ2v) is 11.8. The molecule has 0 radical (unpaired) electrons. The molecule has 3 atom stereocenters. The van der Waals surface area contributed by atoms with Crippen LogP contribution in [0.25, 0.3) is 0 Å². The molecule has 0 aromatic heterocycles. The molecule has 33 heavy (non-hydrogen) atoms. The average molecular weight is 480 g/mol. The number of hydrogen-bond acceptors (Lipinski definition) is 7. The summed E-state index contributed by atoms with van der Waals surface area (Å²) in [7, 11) is -0.946. The molecule has 0 N–H and O–H groups in total. The minimum atomic E-state index is -3.97. The summed E-state index contributed by atoms with van der Waals surface area (Å²) >= 11 is 0. The van der Waals surface area contributed by atoms with Crippen molar-refractivity contribution in [3.8, 4) is 11.5 Å². The summed E-state index contributed by atoms with van der Waals surface area (Å²) in [6.45, 7) is 5.96. The third-order valence-electron chi connectivity index (χ3n) is 8.26. The van der Waals surface area contributed by atoms with Gasteiger partial charge in [-0.25, -0.2) is 13.2 Å². The van der Waals surface area contributed by atoms with Crippen LogP contribution in [-0.4, -0.2) is 57.6 Å². The molecule has 9 heteroatoms. The SMILES string of the molecule is CCOC(=O)[C@H]1c2cc(OC)c(OC)cc2CCN1S(=O)(=O)C[C@]12CC[C@@H](CC1=O)C2(C)C. The molecule has 1 aromatic rings. The largest absolute Gasteiger partial charge is 0.493 e. The molecule has 0 amide bonds. The molecule has 3 aliphatic rings. The van der Waals surface area contributed by atoms with Crippen molar-refractivity contribution in [3.63, 3.8) is 0 Å². The second-order valence-electron chi connectivity index (χ2n) is 9.84. The van der Waals surface area contributed by atoms with Crippen LogP contribution in [0.1, 0.15) is 57.2 Å². The number of methoxy groups -OCH3 is 2. The monoisotopic (exact) mass is 479 g/mol. The summed E-state index contributed by atoms with van der Waals surface area (Å²) in [6, 6.07) is 2.31. The number of nitrogens with zero attached hydrogens (tertiary/aromatic N) is 1. The van der Waals surface area contributed by atoms with Gasteiger partial charge in [0.2, 0.25) is 10.0 Å². The van der Waals surface area contributed by atoms with E-state index < -0.39 is 27.4 Å². The van der Waals surface area contributed by atoms with Crippen molar-refractivity contribution >= 4 is 21.8 Å². The summed E-state index contributed by atoms with van der Waals surface area (Å²) in [5, 5.41) is 0. The Hall–Kier alpha value is -2.13. The molecule has 0 unspecified atom stereocenters. The van der Waals surface area contributed by atoms with Crippen LogP contribution >= 0.6 is 0 Å². The van der Waals surface area contributed by atoms with Gasteiger partial charge in [-0.15, -0.1) is 0 Å². The molecule has 2 fully saturated rings. The molecule has 1 aliphatic heterocycles. The van der Waals surface area contributed by atoms with Crippen LogP contribution < -0.4 is 9.47 Å². The number of sulfonamides is 1. The van der Waals surface area contributed by atoms with E-state index in [1.807, 2.05) is 13.8 Å². The van der Waals surface area contributed by atoms with Gasteiger partial charge in [0, 0.05) is 18.4 Å². The number of fused-ring (bicyclic) bond motifs is 3. The van der Waals surface area contributed by atoms with Crippen molar-refractivity contribution < 1.29 is 32.2 Å². The van der Waals surface area contributed by atoms with Crippen LogP contribution in [0.5, 0.6) is 11.5 Å². The van der Waals surface area contributed by atoms with Gasteiger partial charge >= 0.3 is 5.97 Å². The average Bonchev–Trinajstić information content (AvgIpc) is 3.11. The van der Waals surface area contributed by atoms with E-state index in [4.69, 9.17) is 14.2 Å². The highest BCUT2D eigenvalue weighted by Gasteiger charge is 2.66. The lowest BCUT2D eigenvalue weighted by atomic mass is 9.70. The maximum atomic E-state index is 13.9. The Morgan fingerprint density at radius 2 is 1.85 bits per heavy atom.